The number of para-hydroxylation sites is 2. The van der Waals surface area contributed by atoms with Crippen LogP contribution < -0.4 is 5.32 Å². The summed E-state index contributed by atoms with van der Waals surface area (Å²) in [6.07, 6.45) is 0. The molecule has 6 nitrogen and oxygen atoms in total. The van der Waals surface area contributed by atoms with Crippen molar-refractivity contribution < 1.29 is 14.6 Å². The number of anilines is 2. The van der Waals surface area contributed by atoms with Gasteiger partial charge in [0.05, 0.1) is 17.7 Å². The van der Waals surface area contributed by atoms with Crippen molar-refractivity contribution in [3.8, 4) is 5.75 Å². The summed E-state index contributed by atoms with van der Waals surface area (Å²) >= 11 is 7.20. The van der Waals surface area contributed by atoms with Crippen molar-refractivity contribution in [2.75, 3.05) is 11.9 Å². The maximum absolute atomic E-state index is 12.1. The molecule has 0 aliphatic rings. The van der Waals surface area contributed by atoms with Crippen LogP contribution in [0.2, 0.25) is 5.28 Å². The van der Waals surface area contributed by atoms with Gasteiger partial charge in [0.25, 0.3) is 0 Å². The lowest BCUT2D eigenvalue weighted by Crippen LogP contribution is -2.03. The number of esters is 1. The normalized spacial score (nSPS) is 10.8. The fourth-order valence-corrected chi connectivity index (χ4v) is 3.60. The first-order valence-electron chi connectivity index (χ1n) is 7.20. The highest BCUT2D eigenvalue weighted by Crippen LogP contribution is 2.37. The second kappa shape index (κ2) is 6.62. The summed E-state index contributed by atoms with van der Waals surface area (Å²) in [5.41, 5.74) is 1.19. The Kier molecular flexibility index (Phi) is 4.55. The third-order valence-electron chi connectivity index (χ3n) is 3.38. The summed E-state index contributed by atoms with van der Waals surface area (Å²) in [6.45, 7) is 3.85. The summed E-state index contributed by atoms with van der Waals surface area (Å²) in [4.78, 5) is 21.5. The van der Waals surface area contributed by atoms with Crippen molar-refractivity contribution in [1.82, 2.24) is 9.97 Å². The molecule has 1 aromatic carbocycles. The van der Waals surface area contributed by atoms with Crippen molar-refractivity contribution in [2.24, 2.45) is 0 Å². The molecule has 2 aromatic heterocycles. The Morgan fingerprint density at radius 3 is 2.83 bits per heavy atom. The molecule has 2 N–H and O–H groups in total. The van der Waals surface area contributed by atoms with Gasteiger partial charge in [-0.15, -0.1) is 11.3 Å². The van der Waals surface area contributed by atoms with Crippen molar-refractivity contribution >= 4 is 50.6 Å². The standard InChI is InChI=1S/C16H14ClN3O3S/c1-3-23-15(22)12-8(2)11-13(19-16(17)20-14(11)24-12)18-9-6-4-5-7-10(9)21/h4-7,21H,3H2,1-2H3,(H,18,19,20). The number of carbonyl (C=O) groups is 1. The van der Waals surface area contributed by atoms with E-state index in [1.807, 2.05) is 0 Å². The minimum atomic E-state index is -0.400. The monoisotopic (exact) mass is 363 g/mol. The van der Waals surface area contributed by atoms with E-state index in [0.29, 0.717) is 38.8 Å². The highest BCUT2D eigenvalue weighted by atomic mass is 35.5. The summed E-state index contributed by atoms with van der Waals surface area (Å²) in [5, 5.41) is 13.7. The van der Waals surface area contributed by atoms with E-state index in [2.05, 4.69) is 15.3 Å². The number of rotatable bonds is 4. The molecule has 24 heavy (non-hydrogen) atoms. The second-order valence-electron chi connectivity index (χ2n) is 4.94. The molecule has 3 aromatic rings. The number of thiophene rings is 1. The molecule has 0 atom stereocenters. The summed E-state index contributed by atoms with van der Waals surface area (Å²) in [6, 6.07) is 6.78. The lowest BCUT2D eigenvalue weighted by molar-refractivity contribution is 0.0531. The van der Waals surface area contributed by atoms with E-state index in [4.69, 9.17) is 16.3 Å². The Labute approximate surface area is 147 Å². The van der Waals surface area contributed by atoms with Gasteiger partial charge in [-0.1, -0.05) is 12.1 Å². The van der Waals surface area contributed by atoms with Gasteiger partial charge in [-0.25, -0.2) is 9.78 Å². The molecule has 124 valence electrons. The Balaban J connectivity index is 2.14. The number of carbonyl (C=O) groups excluding carboxylic acids is 1. The number of phenolic OH excluding ortho intramolecular Hbond substituents is 1. The van der Waals surface area contributed by atoms with Crippen LogP contribution in [0.5, 0.6) is 5.75 Å². The Morgan fingerprint density at radius 1 is 1.38 bits per heavy atom. The summed E-state index contributed by atoms with van der Waals surface area (Å²) in [7, 11) is 0. The SMILES string of the molecule is CCOC(=O)c1sc2nc(Cl)nc(Nc3ccccc3O)c2c1C. The molecule has 0 saturated heterocycles. The number of hydrogen-bond acceptors (Lipinski definition) is 7. The zero-order valence-electron chi connectivity index (χ0n) is 13.0. The molecule has 0 fully saturated rings. The van der Waals surface area contributed by atoms with E-state index in [1.54, 1.807) is 38.1 Å². The maximum atomic E-state index is 12.1. The van der Waals surface area contributed by atoms with Gasteiger partial charge in [-0.2, -0.15) is 4.98 Å². The Bertz CT molecular complexity index is 926. The highest BCUT2D eigenvalue weighted by Gasteiger charge is 2.21. The second-order valence-corrected chi connectivity index (χ2v) is 6.28. The van der Waals surface area contributed by atoms with Crippen LogP contribution in [0, 0.1) is 6.92 Å². The van der Waals surface area contributed by atoms with Crippen molar-refractivity contribution in [1.29, 1.82) is 0 Å². The first-order chi connectivity index (χ1) is 11.5. The Hall–Kier alpha value is -2.38. The van der Waals surface area contributed by atoms with Gasteiger partial charge >= 0.3 is 5.97 Å². The van der Waals surface area contributed by atoms with Crippen LogP contribution in [-0.4, -0.2) is 27.7 Å². The van der Waals surface area contributed by atoms with E-state index in [0.717, 1.165) is 0 Å². The average molecular weight is 364 g/mol. The number of hydrogen-bond donors (Lipinski definition) is 2. The van der Waals surface area contributed by atoms with Gasteiger partial charge in [0.1, 0.15) is 21.3 Å². The van der Waals surface area contributed by atoms with E-state index >= 15 is 0 Å². The number of ether oxygens (including phenoxy) is 1. The van der Waals surface area contributed by atoms with Crippen LogP contribution in [0.3, 0.4) is 0 Å². The summed E-state index contributed by atoms with van der Waals surface area (Å²) in [5.74, 6) is 0.109. The van der Waals surface area contributed by atoms with Gasteiger partial charge in [0.15, 0.2) is 0 Å². The number of nitrogens with one attached hydrogen (secondary N) is 1. The molecule has 0 radical (unpaired) electrons. The largest absolute Gasteiger partial charge is 0.506 e. The summed E-state index contributed by atoms with van der Waals surface area (Å²) < 4.78 is 5.08. The number of nitrogens with zero attached hydrogens (tertiary/aromatic N) is 2. The van der Waals surface area contributed by atoms with Gasteiger partial charge in [-0.3, -0.25) is 0 Å². The molecular formula is C16H14ClN3O3S. The van der Waals surface area contributed by atoms with Gasteiger partial charge in [0, 0.05) is 0 Å². The number of aromatic nitrogens is 2. The zero-order valence-corrected chi connectivity index (χ0v) is 14.5. The number of fused-ring (bicyclic) bond motifs is 1. The third kappa shape index (κ3) is 3.00. The van der Waals surface area contributed by atoms with E-state index in [1.165, 1.54) is 11.3 Å². The first kappa shape index (κ1) is 16.5. The average Bonchev–Trinajstić information content (AvgIpc) is 2.86. The molecule has 2 heterocycles. The lowest BCUT2D eigenvalue weighted by Gasteiger charge is -2.09. The lowest BCUT2D eigenvalue weighted by atomic mass is 10.2. The van der Waals surface area contributed by atoms with Crippen molar-refractivity contribution in [3.63, 3.8) is 0 Å². The number of aryl methyl sites for hydroxylation is 1. The molecule has 0 aliphatic heterocycles. The molecule has 8 heteroatoms. The minimum Gasteiger partial charge on any atom is -0.506 e. The molecule has 3 rings (SSSR count). The zero-order chi connectivity index (χ0) is 17.3. The maximum Gasteiger partial charge on any atom is 0.348 e. The van der Waals surface area contributed by atoms with Crippen LogP contribution in [0.25, 0.3) is 10.2 Å². The highest BCUT2D eigenvalue weighted by molar-refractivity contribution is 7.20. The van der Waals surface area contributed by atoms with Gasteiger partial charge < -0.3 is 15.2 Å². The van der Waals surface area contributed by atoms with E-state index < -0.39 is 5.97 Å². The van der Waals surface area contributed by atoms with Crippen LogP contribution >= 0.6 is 22.9 Å². The van der Waals surface area contributed by atoms with E-state index in [9.17, 15) is 9.90 Å². The third-order valence-corrected chi connectivity index (χ3v) is 4.72. The predicted molar refractivity (Wildman–Crippen MR) is 94.5 cm³/mol. The van der Waals surface area contributed by atoms with E-state index in [-0.39, 0.29) is 11.0 Å². The van der Waals surface area contributed by atoms with Crippen LogP contribution in [0.15, 0.2) is 24.3 Å². The smallest absolute Gasteiger partial charge is 0.348 e. The molecule has 0 amide bonds. The first-order valence-corrected chi connectivity index (χ1v) is 8.39. The molecule has 0 spiro atoms. The number of benzene rings is 1. The molecule has 0 bridgehead atoms. The minimum absolute atomic E-state index is 0.0529. The molecule has 0 aliphatic carbocycles. The van der Waals surface area contributed by atoms with Crippen LogP contribution in [0.1, 0.15) is 22.2 Å². The predicted octanol–water partition coefficient (Wildman–Crippen LogP) is 4.28. The molecule has 0 saturated carbocycles. The number of aromatic hydroxyl groups is 1. The topological polar surface area (TPSA) is 84.3 Å². The molecular weight excluding hydrogens is 350 g/mol. The quantitative estimate of drug-likeness (QED) is 0.409. The Morgan fingerprint density at radius 2 is 2.12 bits per heavy atom. The number of phenols is 1. The molecule has 0 unspecified atom stereocenters. The van der Waals surface area contributed by atoms with Gasteiger partial charge in [0.2, 0.25) is 5.28 Å². The number of halogens is 1. The van der Waals surface area contributed by atoms with Crippen LogP contribution in [-0.2, 0) is 4.74 Å². The fourth-order valence-electron chi connectivity index (χ4n) is 2.30. The fraction of sp³-hybridized carbons (Fsp3) is 0.188. The van der Waals surface area contributed by atoms with Gasteiger partial charge in [-0.05, 0) is 43.1 Å². The van der Waals surface area contributed by atoms with Crippen molar-refractivity contribution in [3.05, 3.63) is 40.0 Å². The van der Waals surface area contributed by atoms with Crippen LogP contribution in [0.4, 0.5) is 11.5 Å². The van der Waals surface area contributed by atoms with Crippen molar-refractivity contribution in [2.45, 2.75) is 13.8 Å².